The van der Waals surface area contributed by atoms with Crippen LogP contribution in [0.4, 0.5) is 24.5 Å². The lowest BCUT2D eigenvalue weighted by molar-refractivity contribution is -0.137. The molecule has 0 aliphatic carbocycles. The third-order valence-electron chi connectivity index (χ3n) is 10.8. The Morgan fingerprint density at radius 2 is 1.67 bits per heavy atom. The lowest BCUT2D eigenvalue weighted by Crippen LogP contribution is -2.49. The highest BCUT2D eigenvalue weighted by Gasteiger charge is 2.48. The van der Waals surface area contributed by atoms with Gasteiger partial charge in [-0.05, 0) is 67.4 Å². The number of carbonyl (C=O) groups excluding carboxylic acids is 3. The van der Waals surface area contributed by atoms with Crippen molar-refractivity contribution < 1.29 is 42.5 Å². The van der Waals surface area contributed by atoms with Gasteiger partial charge in [-0.2, -0.15) is 22.7 Å². The smallest absolute Gasteiger partial charge is 0.416 e. The molecule has 16 nitrogen and oxygen atoms in total. The molecule has 0 bridgehead atoms. The molecule has 8 rings (SSSR count). The first-order valence-corrected chi connectivity index (χ1v) is 19.6. The van der Waals surface area contributed by atoms with Crippen molar-refractivity contribution in [3.63, 3.8) is 0 Å². The van der Waals surface area contributed by atoms with Gasteiger partial charge in [-0.3, -0.25) is 19.2 Å². The van der Waals surface area contributed by atoms with Crippen LogP contribution in [0.15, 0.2) is 65.6 Å². The molecule has 316 valence electrons. The van der Waals surface area contributed by atoms with Crippen molar-refractivity contribution in [3.05, 3.63) is 98.7 Å². The molecule has 60 heavy (non-hydrogen) atoms. The van der Waals surface area contributed by atoms with E-state index in [1.807, 2.05) is 26.0 Å². The minimum Gasteiger partial charge on any atom is -0.505 e. The summed E-state index contributed by atoms with van der Waals surface area (Å²) in [5, 5.41) is 26.3. The normalized spacial score (nSPS) is 16.1. The zero-order valence-electron chi connectivity index (χ0n) is 32.6. The Hall–Kier alpha value is -6.05. The number of benzene rings is 2. The molecule has 2 aromatic carbocycles. The van der Waals surface area contributed by atoms with Crippen molar-refractivity contribution in [3.8, 4) is 17.1 Å². The zero-order chi connectivity index (χ0) is 42.9. The Labute approximate surface area is 345 Å². The molecule has 6 heterocycles. The molecule has 5 aromatic rings. The van der Waals surface area contributed by atoms with Crippen LogP contribution in [0.5, 0.6) is 5.75 Å². The molecule has 2 fully saturated rings. The van der Waals surface area contributed by atoms with Crippen LogP contribution in [0.2, 0.25) is 5.02 Å². The number of amides is 3. The summed E-state index contributed by atoms with van der Waals surface area (Å²) in [6.07, 6.45) is -2.85. The Balaban J connectivity index is 0.00000268. The van der Waals surface area contributed by atoms with Crippen molar-refractivity contribution in [2.24, 2.45) is 0 Å². The van der Waals surface area contributed by atoms with Crippen LogP contribution in [0.25, 0.3) is 17.2 Å². The molecule has 3 aliphatic rings. The maximum Gasteiger partial charge on any atom is 0.416 e. The number of piperidine rings is 1. The number of piperazine rings is 1. The van der Waals surface area contributed by atoms with Gasteiger partial charge in [0.25, 0.3) is 11.5 Å². The second-order valence-electron chi connectivity index (χ2n) is 14.1. The van der Waals surface area contributed by atoms with Crippen molar-refractivity contribution in [1.82, 2.24) is 33.9 Å². The molecule has 3 aliphatic heterocycles. The van der Waals surface area contributed by atoms with Gasteiger partial charge < -0.3 is 39.5 Å². The van der Waals surface area contributed by atoms with E-state index in [0.717, 1.165) is 22.3 Å². The number of halogens is 4. The highest BCUT2D eigenvalue weighted by Crippen LogP contribution is 2.43. The van der Waals surface area contributed by atoms with Crippen LogP contribution in [0.3, 0.4) is 0 Å². The number of likely N-dealkylation sites (tertiary alicyclic amines) is 1. The fourth-order valence-electron chi connectivity index (χ4n) is 7.71. The summed E-state index contributed by atoms with van der Waals surface area (Å²) in [7, 11) is 0. The zero-order valence-corrected chi connectivity index (χ0v) is 33.3. The Kier molecular flexibility index (Phi) is 11.9. The molecule has 3 amide bonds. The lowest BCUT2D eigenvalue weighted by Gasteiger charge is -2.38. The summed E-state index contributed by atoms with van der Waals surface area (Å²) >= 11 is 6.15. The number of nitrogens with one attached hydrogen (secondary N) is 1. The number of ether oxygens (including phenoxy) is 1. The predicted octanol–water partition coefficient (Wildman–Crippen LogP) is 4.30. The van der Waals surface area contributed by atoms with Gasteiger partial charge in [0.15, 0.2) is 11.5 Å². The molecule has 3 aromatic heterocycles. The van der Waals surface area contributed by atoms with Crippen molar-refractivity contribution in [2.45, 2.75) is 51.6 Å². The van der Waals surface area contributed by atoms with Gasteiger partial charge in [0.1, 0.15) is 24.5 Å². The number of hydrogen-bond acceptors (Lipinski definition) is 11. The maximum absolute atomic E-state index is 14.4. The Bertz CT molecular complexity index is 2500. The van der Waals surface area contributed by atoms with Gasteiger partial charge in [0.05, 0.1) is 34.1 Å². The molecule has 1 spiro atoms. The molecular weight excluding hydrogens is 811 g/mol. The van der Waals surface area contributed by atoms with Gasteiger partial charge in [-0.1, -0.05) is 25.4 Å². The molecule has 0 atom stereocenters. The van der Waals surface area contributed by atoms with E-state index in [1.165, 1.54) is 27.8 Å². The fraction of sp³-hybridized carbons (Fsp3) is 0.375. The molecule has 2 saturated heterocycles. The number of aromatic nitrogens is 5. The van der Waals surface area contributed by atoms with E-state index in [0.29, 0.717) is 43.5 Å². The monoisotopic (exact) mass is 851 g/mol. The molecule has 0 unspecified atom stereocenters. The van der Waals surface area contributed by atoms with Crippen molar-refractivity contribution >= 4 is 46.5 Å². The highest BCUT2D eigenvalue weighted by molar-refractivity contribution is 6.33. The average molecular weight is 852 g/mol. The lowest BCUT2D eigenvalue weighted by atomic mass is 9.85. The third-order valence-corrected chi connectivity index (χ3v) is 11.1. The maximum atomic E-state index is 14.4. The van der Waals surface area contributed by atoms with Gasteiger partial charge in [-0.25, -0.2) is 4.98 Å². The van der Waals surface area contributed by atoms with Crippen LogP contribution in [-0.4, -0.2) is 108 Å². The van der Waals surface area contributed by atoms with E-state index in [2.05, 4.69) is 20.3 Å². The highest BCUT2D eigenvalue weighted by atomic mass is 35.5. The molecule has 0 radical (unpaired) electrons. The Morgan fingerprint density at radius 1 is 0.967 bits per heavy atom. The number of carbonyl (C=O) groups is 3. The van der Waals surface area contributed by atoms with Crippen LogP contribution in [-0.2, 0) is 39.3 Å². The number of pyridine rings is 1. The van der Waals surface area contributed by atoms with Crippen molar-refractivity contribution in [1.29, 1.82) is 0 Å². The number of aliphatic hydroxyl groups is 1. The quantitative estimate of drug-likeness (QED) is 0.212. The number of aliphatic hydroxyl groups excluding tert-OH is 1. The number of hydrogen-bond donors (Lipinski definition) is 3. The first-order chi connectivity index (χ1) is 28.8. The Morgan fingerprint density at radius 3 is 2.30 bits per heavy atom. The van der Waals surface area contributed by atoms with E-state index < -0.39 is 47.9 Å². The van der Waals surface area contributed by atoms with E-state index in [-0.39, 0.29) is 77.8 Å². The SMILES string of the molecule is CC.O=C(Cn1c2c(c(=O)n3nc(-c4ccc(N5CCN(C(=O)CO)CC5)cc4)nc13)C1(CCN(C(=O)c3ncccc3O)CC1)OC2)Nc1ccc(C(F)(F)F)cc1Cl. The minimum absolute atomic E-state index is 0.0139. The first-order valence-electron chi connectivity index (χ1n) is 19.3. The van der Waals surface area contributed by atoms with E-state index >= 15 is 0 Å². The van der Waals surface area contributed by atoms with E-state index in [9.17, 15) is 42.6 Å². The second kappa shape index (κ2) is 16.9. The number of rotatable bonds is 7. The van der Waals surface area contributed by atoms with Crippen molar-refractivity contribution in [2.75, 3.05) is 56.1 Å². The topological polar surface area (TPSA) is 188 Å². The summed E-state index contributed by atoms with van der Waals surface area (Å²) in [5.41, 5.74) is -0.818. The standard InChI is InChI=1S/C38H35ClF3N9O7.C2H6/c39-25-18-23(38(40,41)42)5-8-26(25)44-29(54)19-50-27-21-58-37(9-12-49(13-10-37)35(57)32-28(53)2-1-11-43-32)31(27)34(56)51-36(50)45-33(46-51)22-3-6-24(7-4-22)47-14-16-48(17-15-47)30(55)20-52;1-2/h1-8,11,18,52-53H,9-10,12-17,19-21H2,(H,44,54);1-2H3. The summed E-state index contributed by atoms with van der Waals surface area (Å²) in [6, 6.07) is 12.7. The number of alkyl halides is 3. The summed E-state index contributed by atoms with van der Waals surface area (Å²) in [5.74, 6) is -1.56. The number of anilines is 2. The molecule has 3 N–H and O–H groups in total. The van der Waals surface area contributed by atoms with E-state index in [4.69, 9.17) is 21.3 Å². The van der Waals surface area contributed by atoms with Crippen LogP contribution in [0.1, 0.15) is 54.0 Å². The van der Waals surface area contributed by atoms with Gasteiger partial charge in [0.2, 0.25) is 17.6 Å². The van der Waals surface area contributed by atoms with Crippen LogP contribution >= 0.6 is 11.6 Å². The third kappa shape index (κ3) is 7.99. The number of aromatic hydroxyl groups is 1. The summed E-state index contributed by atoms with van der Waals surface area (Å²) in [6.45, 7) is 5.25. The molecular formula is C40H41ClF3N9O7. The van der Waals surface area contributed by atoms with Crippen LogP contribution < -0.4 is 15.8 Å². The minimum atomic E-state index is -4.64. The van der Waals surface area contributed by atoms with Gasteiger partial charge >= 0.3 is 6.18 Å². The number of nitrogens with zero attached hydrogens (tertiary/aromatic N) is 8. The molecule has 0 saturated carbocycles. The van der Waals surface area contributed by atoms with Crippen LogP contribution in [0, 0.1) is 0 Å². The largest absolute Gasteiger partial charge is 0.505 e. The van der Waals surface area contributed by atoms with E-state index in [1.54, 1.807) is 17.0 Å². The van der Waals surface area contributed by atoms with Gasteiger partial charge in [-0.15, -0.1) is 5.10 Å². The fourth-order valence-corrected chi connectivity index (χ4v) is 7.94. The van der Waals surface area contributed by atoms with Gasteiger partial charge in [0, 0.05) is 56.7 Å². The summed E-state index contributed by atoms with van der Waals surface area (Å²) < 4.78 is 48.8. The first kappa shape index (κ1) is 42.1. The second-order valence-corrected chi connectivity index (χ2v) is 14.5. The predicted molar refractivity (Wildman–Crippen MR) is 212 cm³/mol. The summed E-state index contributed by atoms with van der Waals surface area (Å²) in [4.78, 5) is 67.2. The number of fused-ring (bicyclic) bond motifs is 3. The molecule has 20 heteroatoms. The average Bonchev–Trinajstić information content (AvgIpc) is 3.87.